The second-order valence-electron chi connectivity index (χ2n) is 8.81. The van der Waals surface area contributed by atoms with Crippen molar-refractivity contribution in [1.82, 2.24) is 9.80 Å². The molecule has 0 fully saturated rings. The number of rotatable bonds is 10. The van der Waals surface area contributed by atoms with Crippen molar-refractivity contribution >= 4 is 40.3 Å². The Balaban J connectivity index is 1.73. The summed E-state index contributed by atoms with van der Waals surface area (Å²) in [6.07, 6.45) is 6.76. The van der Waals surface area contributed by atoms with Crippen LogP contribution in [0.15, 0.2) is 24.3 Å². The molecule has 0 aromatic carbocycles. The maximum absolute atomic E-state index is 11.6. The molecule has 9 heteroatoms. The number of hydrogen-bond acceptors (Lipinski definition) is 5. The Morgan fingerprint density at radius 3 is 1.26 bits per heavy atom. The molecule has 2 aliphatic rings. The Labute approximate surface area is 162 Å². The zero-order valence-corrected chi connectivity index (χ0v) is 19.0. The Morgan fingerprint density at radius 1 is 0.667 bits per heavy atom. The van der Waals surface area contributed by atoms with Gasteiger partial charge >= 0.3 is 162 Å². The molecule has 0 aromatic heterocycles. The predicted octanol–water partition coefficient (Wildman–Crippen LogP) is 1.51. The van der Waals surface area contributed by atoms with Crippen molar-refractivity contribution in [3.05, 3.63) is 24.3 Å². The molecule has 0 aromatic rings. The fourth-order valence-electron chi connectivity index (χ4n) is 3.92. The van der Waals surface area contributed by atoms with Gasteiger partial charge in [0, 0.05) is 0 Å². The first-order valence-electron chi connectivity index (χ1n) is 9.76. The third-order valence-electron chi connectivity index (χ3n) is 5.10. The van der Waals surface area contributed by atoms with Crippen molar-refractivity contribution in [2.75, 3.05) is 13.1 Å². The predicted molar refractivity (Wildman–Crippen MR) is 109 cm³/mol. The zero-order chi connectivity index (χ0) is 20.2. The van der Waals surface area contributed by atoms with E-state index in [4.69, 9.17) is 4.12 Å². The topological polar surface area (TPSA) is 84.0 Å². The molecule has 0 bridgehead atoms. The molecule has 0 unspecified atom stereocenters. The summed E-state index contributed by atoms with van der Waals surface area (Å²) < 4.78 is 6.59. The Hall–Kier alpha value is -1.85. The van der Waals surface area contributed by atoms with E-state index in [0.717, 1.165) is 24.9 Å². The van der Waals surface area contributed by atoms with E-state index >= 15 is 0 Å². The number of amides is 4. The number of imide groups is 2. The molecule has 0 spiro atoms. The molecule has 7 nitrogen and oxygen atoms in total. The van der Waals surface area contributed by atoms with Gasteiger partial charge in [0.1, 0.15) is 0 Å². The van der Waals surface area contributed by atoms with Crippen LogP contribution in [0, 0.1) is 0 Å². The van der Waals surface area contributed by atoms with Gasteiger partial charge in [0.05, 0.1) is 0 Å². The number of nitrogens with zero attached hydrogens (tertiary/aromatic N) is 2. The second kappa shape index (κ2) is 8.45. The van der Waals surface area contributed by atoms with Crippen LogP contribution in [0.1, 0.15) is 12.8 Å². The quantitative estimate of drug-likeness (QED) is 0.403. The minimum absolute atomic E-state index is 0.235. The van der Waals surface area contributed by atoms with E-state index in [1.54, 1.807) is 0 Å². The minimum atomic E-state index is -2.23. The zero-order valence-electron chi connectivity index (χ0n) is 16.6. The summed E-state index contributed by atoms with van der Waals surface area (Å²) in [5.41, 5.74) is 0. The molecule has 0 radical (unpaired) electrons. The van der Waals surface area contributed by atoms with Gasteiger partial charge in [0.25, 0.3) is 0 Å². The van der Waals surface area contributed by atoms with Gasteiger partial charge in [-0.05, 0) is 0 Å². The van der Waals surface area contributed by atoms with E-state index in [0.29, 0.717) is 13.1 Å². The molecule has 0 saturated heterocycles. The summed E-state index contributed by atoms with van der Waals surface area (Å²) in [6.45, 7) is 9.65. The van der Waals surface area contributed by atoms with Crippen molar-refractivity contribution < 1.29 is 23.3 Å². The van der Waals surface area contributed by atoms with Gasteiger partial charge in [-0.2, -0.15) is 0 Å². The van der Waals surface area contributed by atoms with Crippen LogP contribution < -0.4 is 0 Å². The van der Waals surface area contributed by atoms with Gasteiger partial charge in [-0.25, -0.2) is 0 Å². The molecular formula is C18H30N2O5Si2-2. The van der Waals surface area contributed by atoms with Crippen LogP contribution in [0.5, 0.6) is 0 Å². The van der Waals surface area contributed by atoms with E-state index in [1.807, 2.05) is 0 Å². The molecule has 152 valence electrons. The van der Waals surface area contributed by atoms with E-state index in [1.165, 1.54) is 34.1 Å². The number of hydrogen-bond donors (Lipinski definition) is 0. The van der Waals surface area contributed by atoms with Crippen molar-refractivity contribution in [2.45, 2.75) is 51.1 Å². The van der Waals surface area contributed by atoms with Crippen LogP contribution in [-0.4, -0.2) is 63.2 Å². The van der Waals surface area contributed by atoms with Gasteiger partial charge in [0.2, 0.25) is 0 Å². The molecule has 0 aliphatic carbocycles. The van der Waals surface area contributed by atoms with Crippen LogP contribution in [0.4, 0.5) is 0 Å². The van der Waals surface area contributed by atoms with Gasteiger partial charge in [-0.1, -0.05) is 0 Å². The molecule has 0 saturated carbocycles. The first-order valence-corrected chi connectivity index (χ1v) is 17.0. The third kappa shape index (κ3) is 6.08. The van der Waals surface area contributed by atoms with Gasteiger partial charge < -0.3 is 0 Å². The van der Waals surface area contributed by atoms with Gasteiger partial charge in [0.15, 0.2) is 0 Å². The van der Waals surface area contributed by atoms with E-state index < -0.39 is 16.6 Å². The van der Waals surface area contributed by atoms with Crippen LogP contribution in [0.2, 0.25) is 38.3 Å². The molecule has 2 rings (SSSR count). The fraction of sp³-hybridized carbons (Fsp3) is 0.556. The second-order valence-corrected chi connectivity index (χ2v) is 19.2. The first kappa shape index (κ1) is 21.5. The fourth-order valence-corrected chi connectivity index (χ4v) is 15.3. The monoisotopic (exact) mass is 410 g/mol. The summed E-state index contributed by atoms with van der Waals surface area (Å²) in [5, 5.41) is 0. The normalized spacial score (nSPS) is 19.0. The first-order chi connectivity index (χ1) is 12.5. The molecular weight excluding hydrogens is 380 g/mol. The molecule has 0 atom stereocenters. The molecule has 4 amide bonds. The van der Waals surface area contributed by atoms with E-state index in [9.17, 15) is 19.2 Å². The molecule has 2 heterocycles. The average molecular weight is 411 g/mol. The number of carbonyl (C=O) groups excluding carboxylic acids is 4. The van der Waals surface area contributed by atoms with Gasteiger partial charge in [-0.3, -0.25) is 0 Å². The van der Waals surface area contributed by atoms with E-state index in [2.05, 4.69) is 26.2 Å². The Morgan fingerprint density at radius 2 is 0.963 bits per heavy atom. The maximum atomic E-state index is 11.6. The van der Waals surface area contributed by atoms with Crippen LogP contribution in [0.25, 0.3) is 0 Å². The van der Waals surface area contributed by atoms with Gasteiger partial charge in [-0.15, -0.1) is 0 Å². The van der Waals surface area contributed by atoms with Crippen LogP contribution >= 0.6 is 0 Å². The average Bonchev–Trinajstić information content (AvgIpc) is 3.03. The third-order valence-corrected chi connectivity index (χ3v) is 14.6. The summed E-state index contributed by atoms with van der Waals surface area (Å²) in [4.78, 5) is 48.9. The Bertz CT molecular complexity index is 606. The molecule has 27 heavy (non-hydrogen) atoms. The molecule has 0 N–H and O–H groups in total. The van der Waals surface area contributed by atoms with Crippen LogP contribution in [0.3, 0.4) is 0 Å². The van der Waals surface area contributed by atoms with Crippen molar-refractivity contribution in [2.24, 2.45) is 0 Å². The van der Waals surface area contributed by atoms with Crippen molar-refractivity contribution in [1.29, 1.82) is 0 Å². The van der Waals surface area contributed by atoms with E-state index in [-0.39, 0.29) is 23.6 Å². The van der Waals surface area contributed by atoms with Crippen molar-refractivity contribution in [3.8, 4) is 0 Å². The SMILES string of the molecule is C[SiH-](C)(CCCN1C(=O)C=CC1=O)O[SiH-](C)(C)CCCN1C(=O)C=CC1=O. The summed E-state index contributed by atoms with van der Waals surface area (Å²) in [5.74, 6) is -0.941. The molecule has 2 aliphatic heterocycles. The number of carbonyl (C=O) groups is 4. The summed E-state index contributed by atoms with van der Waals surface area (Å²) >= 11 is 0. The van der Waals surface area contributed by atoms with Crippen molar-refractivity contribution in [3.63, 3.8) is 0 Å². The Kier molecular flexibility index (Phi) is 6.71. The summed E-state index contributed by atoms with van der Waals surface area (Å²) in [6, 6.07) is 1.81. The summed E-state index contributed by atoms with van der Waals surface area (Å²) in [7, 11) is -4.46. The standard InChI is InChI=1S/C18H30N2O5Si2/c1-26(2,13-5-11-19-15(21)7-8-16(19)22)25-27(3,4)14-6-12-20-17(23)9-10-18(20)24/h7-10,26-27H,5-6,11-14H2,1-4H3/q-2. The van der Waals surface area contributed by atoms with Crippen LogP contribution in [-0.2, 0) is 23.3 Å².